The van der Waals surface area contributed by atoms with Gasteiger partial charge in [-0.05, 0) is 66.9 Å². The summed E-state index contributed by atoms with van der Waals surface area (Å²) in [6.07, 6.45) is 2.05. The van der Waals surface area contributed by atoms with E-state index in [4.69, 9.17) is 9.15 Å². The number of furan rings is 1. The summed E-state index contributed by atoms with van der Waals surface area (Å²) in [7, 11) is 0. The van der Waals surface area contributed by atoms with Gasteiger partial charge >= 0.3 is 6.09 Å². The van der Waals surface area contributed by atoms with Gasteiger partial charge in [-0.25, -0.2) is 4.79 Å². The van der Waals surface area contributed by atoms with Gasteiger partial charge in [0.1, 0.15) is 23.2 Å². The Hall–Kier alpha value is -1.98. The second-order valence-electron chi connectivity index (χ2n) is 7.78. The van der Waals surface area contributed by atoms with Crippen molar-refractivity contribution in [1.82, 2.24) is 10.2 Å². The summed E-state index contributed by atoms with van der Waals surface area (Å²) >= 11 is 0. The number of amides is 2. The van der Waals surface area contributed by atoms with Crippen molar-refractivity contribution in [3.8, 4) is 0 Å². The van der Waals surface area contributed by atoms with Gasteiger partial charge in [0, 0.05) is 12.1 Å². The highest BCUT2D eigenvalue weighted by atomic mass is 16.6. The Morgan fingerprint density at radius 3 is 2.56 bits per heavy atom. The first-order chi connectivity index (χ1) is 11.6. The second-order valence-corrected chi connectivity index (χ2v) is 7.78. The molecule has 25 heavy (non-hydrogen) atoms. The minimum Gasteiger partial charge on any atom is -0.466 e. The van der Waals surface area contributed by atoms with Gasteiger partial charge in [-0.3, -0.25) is 9.69 Å². The number of nitrogens with zero attached hydrogens (tertiary/aromatic N) is 1. The summed E-state index contributed by atoms with van der Waals surface area (Å²) in [5.41, 5.74) is 0.388. The predicted octanol–water partition coefficient (Wildman–Crippen LogP) is 3.86. The lowest BCUT2D eigenvalue weighted by Gasteiger charge is -2.36. The zero-order valence-electron chi connectivity index (χ0n) is 16.1. The molecule has 1 aliphatic rings. The molecule has 0 bridgehead atoms. The van der Waals surface area contributed by atoms with Gasteiger partial charge in [-0.1, -0.05) is 0 Å². The lowest BCUT2D eigenvalue weighted by Crippen LogP contribution is -2.53. The molecule has 2 rings (SSSR count). The van der Waals surface area contributed by atoms with Crippen molar-refractivity contribution >= 4 is 12.0 Å². The molecule has 2 heterocycles. The number of carbonyl (C=O) groups is 2. The SMILES string of the molecule is Cc1cc(C(C)NC(=O)C2CCCCN2C(=O)OC(C)(C)C)c(C)o1. The first kappa shape index (κ1) is 19.3. The smallest absolute Gasteiger partial charge is 0.410 e. The normalized spacial score (nSPS) is 19.4. The number of nitrogens with one attached hydrogen (secondary N) is 1. The fraction of sp³-hybridized carbons (Fsp3) is 0.684. The van der Waals surface area contributed by atoms with Crippen LogP contribution in [0.25, 0.3) is 0 Å². The summed E-state index contributed by atoms with van der Waals surface area (Å²) in [4.78, 5) is 26.8. The summed E-state index contributed by atoms with van der Waals surface area (Å²) < 4.78 is 11.0. The van der Waals surface area contributed by atoms with Gasteiger partial charge in [0.05, 0.1) is 6.04 Å². The molecule has 0 radical (unpaired) electrons. The van der Waals surface area contributed by atoms with E-state index in [1.807, 2.05) is 47.6 Å². The van der Waals surface area contributed by atoms with Crippen LogP contribution in [-0.2, 0) is 9.53 Å². The molecule has 1 aromatic heterocycles. The molecule has 1 aromatic rings. The van der Waals surface area contributed by atoms with Crippen molar-refractivity contribution in [2.24, 2.45) is 0 Å². The fourth-order valence-electron chi connectivity index (χ4n) is 3.21. The number of hydrogen-bond donors (Lipinski definition) is 1. The Morgan fingerprint density at radius 1 is 1.32 bits per heavy atom. The largest absolute Gasteiger partial charge is 0.466 e. The van der Waals surface area contributed by atoms with Crippen LogP contribution in [0, 0.1) is 13.8 Å². The number of ether oxygens (including phenoxy) is 1. The number of carbonyl (C=O) groups excluding carboxylic acids is 2. The first-order valence-electron chi connectivity index (χ1n) is 8.95. The molecule has 6 heteroatoms. The van der Waals surface area contributed by atoms with Gasteiger partial charge in [-0.15, -0.1) is 0 Å². The summed E-state index contributed by atoms with van der Waals surface area (Å²) in [5, 5.41) is 3.02. The zero-order chi connectivity index (χ0) is 18.8. The van der Waals surface area contributed by atoms with E-state index in [0.29, 0.717) is 13.0 Å². The maximum atomic E-state index is 12.8. The van der Waals surface area contributed by atoms with Crippen LogP contribution in [0.4, 0.5) is 4.79 Å². The Bertz CT molecular complexity index is 630. The van der Waals surface area contributed by atoms with E-state index in [2.05, 4.69) is 5.32 Å². The maximum absolute atomic E-state index is 12.8. The standard InChI is InChI=1S/C19H30N2O4/c1-12-11-15(14(3)24-12)13(2)20-17(22)16-9-7-8-10-21(16)18(23)25-19(4,5)6/h11,13,16H,7-10H2,1-6H3,(H,20,22). The topological polar surface area (TPSA) is 71.8 Å². The highest BCUT2D eigenvalue weighted by molar-refractivity contribution is 5.86. The molecular formula is C19H30N2O4. The van der Waals surface area contributed by atoms with Gasteiger partial charge < -0.3 is 14.5 Å². The Balaban J connectivity index is 2.07. The summed E-state index contributed by atoms with van der Waals surface area (Å²) in [5.74, 6) is 1.48. The molecule has 1 saturated heterocycles. The van der Waals surface area contributed by atoms with Gasteiger partial charge in [0.15, 0.2) is 0 Å². The third-order valence-corrected chi connectivity index (χ3v) is 4.34. The van der Waals surface area contributed by atoms with Gasteiger partial charge in [0.25, 0.3) is 0 Å². The fourth-order valence-corrected chi connectivity index (χ4v) is 3.21. The van der Waals surface area contributed by atoms with E-state index in [1.165, 1.54) is 0 Å². The molecule has 0 aliphatic carbocycles. The van der Waals surface area contributed by atoms with Crippen molar-refractivity contribution in [2.45, 2.75) is 78.5 Å². The monoisotopic (exact) mass is 350 g/mol. The zero-order valence-corrected chi connectivity index (χ0v) is 16.1. The average molecular weight is 350 g/mol. The Labute approximate surface area is 149 Å². The number of aryl methyl sites for hydroxylation is 2. The van der Waals surface area contributed by atoms with E-state index in [1.54, 1.807) is 4.90 Å². The highest BCUT2D eigenvalue weighted by Crippen LogP contribution is 2.24. The van der Waals surface area contributed by atoms with Crippen LogP contribution in [0.1, 0.15) is 70.1 Å². The minimum atomic E-state index is -0.575. The third-order valence-electron chi connectivity index (χ3n) is 4.34. The van der Waals surface area contributed by atoms with E-state index in [-0.39, 0.29) is 11.9 Å². The van der Waals surface area contributed by atoms with Crippen LogP contribution in [-0.4, -0.2) is 35.1 Å². The quantitative estimate of drug-likeness (QED) is 0.898. The molecule has 1 fully saturated rings. The average Bonchev–Trinajstić information content (AvgIpc) is 2.84. The Kier molecular flexibility index (Phi) is 5.80. The van der Waals surface area contributed by atoms with Crippen LogP contribution >= 0.6 is 0 Å². The number of rotatable bonds is 3. The molecule has 2 amide bonds. The molecule has 140 valence electrons. The minimum absolute atomic E-state index is 0.142. The number of piperidine rings is 1. The molecule has 1 aliphatic heterocycles. The molecular weight excluding hydrogens is 320 g/mol. The second kappa shape index (κ2) is 7.50. The first-order valence-corrected chi connectivity index (χ1v) is 8.95. The molecule has 6 nitrogen and oxygen atoms in total. The van der Waals surface area contributed by atoms with Crippen molar-refractivity contribution in [2.75, 3.05) is 6.54 Å². The molecule has 2 unspecified atom stereocenters. The molecule has 0 aromatic carbocycles. The number of likely N-dealkylation sites (tertiary alicyclic amines) is 1. The molecule has 2 atom stereocenters. The van der Waals surface area contributed by atoms with E-state index < -0.39 is 17.7 Å². The van der Waals surface area contributed by atoms with E-state index in [9.17, 15) is 9.59 Å². The van der Waals surface area contributed by atoms with Gasteiger partial charge in [-0.2, -0.15) is 0 Å². The molecule has 0 saturated carbocycles. The van der Waals surface area contributed by atoms with Crippen LogP contribution in [0.3, 0.4) is 0 Å². The van der Waals surface area contributed by atoms with Gasteiger partial charge in [0.2, 0.25) is 5.91 Å². The lowest BCUT2D eigenvalue weighted by molar-refractivity contribution is -0.128. The summed E-state index contributed by atoms with van der Waals surface area (Å²) in [6.45, 7) is 11.7. The number of hydrogen-bond acceptors (Lipinski definition) is 4. The third kappa shape index (κ3) is 5.00. The van der Waals surface area contributed by atoms with Crippen LogP contribution in [0.15, 0.2) is 10.5 Å². The maximum Gasteiger partial charge on any atom is 0.410 e. The Morgan fingerprint density at radius 2 is 2.00 bits per heavy atom. The molecule has 0 spiro atoms. The summed E-state index contributed by atoms with van der Waals surface area (Å²) in [6, 6.07) is 1.28. The van der Waals surface area contributed by atoms with Crippen LogP contribution in [0.5, 0.6) is 0 Å². The predicted molar refractivity (Wildman–Crippen MR) is 95.3 cm³/mol. The highest BCUT2D eigenvalue weighted by Gasteiger charge is 2.35. The van der Waals surface area contributed by atoms with Crippen LogP contribution in [0.2, 0.25) is 0 Å². The van der Waals surface area contributed by atoms with Crippen LogP contribution < -0.4 is 5.32 Å². The van der Waals surface area contributed by atoms with Crippen molar-refractivity contribution in [3.63, 3.8) is 0 Å². The van der Waals surface area contributed by atoms with Crippen molar-refractivity contribution in [1.29, 1.82) is 0 Å². The van der Waals surface area contributed by atoms with Crippen molar-refractivity contribution in [3.05, 3.63) is 23.2 Å². The lowest BCUT2D eigenvalue weighted by atomic mass is 10.0. The van der Waals surface area contributed by atoms with Crippen molar-refractivity contribution < 1.29 is 18.7 Å². The molecule has 1 N–H and O–H groups in total. The van der Waals surface area contributed by atoms with E-state index in [0.717, 1.165) is 29.9 Å². The van der Waals surface area contributed by atoms with E-state index >= 15 is 0 Å².